The van der Waals surface area contributed by atoms with Gasteiger partial charge in [0.05, 0.1) is 49.3 Å². The summed E-state index contributed by atoms with van der Waals surface area (Å²) >= 11 is 0. The van der Waals surface area contributed by atoms with Crippen LogP contribution in [0, 0.1) is 29.6 Å². The van der Waals surface area contributed by atoms with E-state index < -0.39 is 24.1 Å². The van der Waals surface area contributed by atoms with E-state index in [1.165, 1.54) is 5.57 Å². The number of ether oxygens (including phenoxy) is 5. The highest BCUT2D eigenvalue weighted by atomic mass is 16.7. The van der Waals surface area contributed by atoms with Crippen molar-refractivity contribution in [2.24, 2.45) is 29.6 Å². The number of piperidine rings is 1. The molecular weight excluding hydrogens is 670 g/mol. The fraction of sp³-hybridized carbons (Fsp3) is 0.818. The van der Waals surface area contributed by atoms with E-state index >= 15 is 0 Å². The van der Waals surface area contributed by atoms with E-state index in [2.05, 4.69) is 51.3 Å². The van der Waals surface area contributed by atoms with Crippen LogP contribution in [0.15, 0.2) is 48.2 Å². The second-order valence-corrected chi connectivity index (χ2v) is 17.1. The Morgan fingerprint density at radius 2 is 1.64 bits per heavy atom. The summed E-state index contributed by atoms with van der Waals surface area (Å²) in [7, 11) is 5.13. The Balaban J connectivity index is 1.67. The minimum Gasteiger partial charge on any atom is -0.393 e. The Kier molecular flexibility index (Phi) is 17.6. The Hall–Kier alpha value is -1.56. The van der Waals surface area contributed by atoms with Gasteiger partial charge in [-0.05, 0) is 120 Å². The van der Waals surface area contributed by atoms with Gasteiger partial charge >= 0.3 is 0 Å². The first-order valence-corrected chi connectivity index (χ1v) is 20.7. The number of allylic oxidation sites excluding steroid dienone is 4. The van der Waals surface area contributed by atoms with E-state index in [9.17, 15) is 15.3 Å². The van der Waals surface area contributed by atoms with Crippen molar-refractivity contribution in [1.82, 2.24) is 4.90 Å². The lowest BCUT2D eigenvalue weighted by atomic mass is 9.82. The lowest BCUT2D eigenvalue weighted by molar-refractivity contribution is -0.297. The highest BCUT2D eigenvalue weighted by Gasteiger charge is 2.48. The van der Waals surface area contributed by atoms with Gasteiger partial charge in [0.2, 0.25) is 0 Å². The van der Waals surface area contributed by atoms with E-state index in [1.54, 1.807) is 21.3 Å². The van der Waals surface area contributed by atoms with E-state index in [4.69, 9.17) is 23.7 Å². The van der Waals surface area contributed by atoms with Crippen molar-refractivity contribution < 1.29 is 39.0 Å². The molecule has 0 aromatic rings. The Labute approximate surface area is 321 Å². The number of hydrogen-bond donors (Lipinski definition) is 3. The lowest BCUT2D eigenvalue weighted by Crippen LogP contribution is -2.56. The third-order valence-electron chi connectivity index (χ3n) is 12.9. The summed E-state index contributed by atoms with van der Waals surface area (Å²) in [6, 6.07) is 0.124. The molecule has 0 aromatic carbocycles. The Morgan fingerprint density at radius 3 is 2.34 bits per heavy atom. The zero-order valence-electron chi connectivity index (χ0n) is 34.3. The summed E-state index contributed by atoms with van der Waals surface area (Å²) in [6.07, 6.45) is 18.6. The monoisotopic (exact) mass is 746 g/mol. The first kappa shape index (κ1) is 44.2. The largest absolute Gasteiger partial charge is 0.393 e. The van der Waals surface area contributed by atoms with Gasteiger partial charge in [-0.15, -0.1) is 6.58 Å². The zero-order valence-corrected chi connectivity index (χ0v) is 34.3. The van der Waals surface area contributed by atoms with Crippen molar-refractivity contribution >= 4 is 0 Å². The summed E-state index contributed by atoms with van der Waals surface area (Å²) in [6.45, 7) is 16.2. The molecule has 2 saturated heterocycles. The quantitative estimate of drug-likeness (QED) is 0.231. The molecule has 4 aliphatic rings. The van der Waals surface area contributed by atoms with Crippen LogP contribution in [0.2, 0.25) is 0 Å². The third-order valence-corrected chi connectivity index (χ3v) is 12.9. The number of hydrogen-bond acceptors (Lipinski definition) is 9. The summed E-state index contributed by atoms with van der Waals surface area (Å²) in [4.78, 5) is 2.31. The van der Waals surface area contributed by atoms with Crippen molar-refractivity contribution in [2.45, 2.75) is 166 Å². The molecule has 1 saturated carbocycles. The molecule has 3 aliphatic heterocycles. The molecule has 9 nitrogen and oxygen atoms in total. The van der Waals surface area contributed by atoms with Crippen LogP contribution in [0.3, 0.4) is 0 Å². The molecule has 2 bridgehead atoms. The number of rotatable bonds is 7. The van der Waals surface area contributed by atoms with Crippen LogP contribution in [0.25, 0.3) is 0 Å². The minimum atomic E-state index is -1.47. The molecule has 3 heterocycles. The highest BCUT2D eigenvalue weighted by molar-refractivity contribution is 5.12. The summed E-state index contributed by atoms with van der Waals surface area (Å²) in [5, 5.41) is 34.3. The zero-order chi connectivity index (χ0) is 38.7. The number of aliphatic hydroxyl groups is 3. The molecular formula is C44H75NO8. The summed E-state index contributed by atoms with van der Waals surface area (Å²) in [5.41, 5.74) is 2.44. The van der Waals surface area contributed by atoms with Gasteiger partial charge in [0.25, 0.3) is 0 Å². The molecule has 0 amide bonds. The van der Waals surface area contributed by atoms with Crippen LogP contribution in [0.5, 0.6) is 0 Å². The summed E-state index contributed by atoms with van der Waals surface area (Å²) < 4.78 is 31.2. The van der Waals surface area contributed by atoms with Gasteiger partial charge in [0, 0.05) is 45.9 Å². The SMILES string of the molecule is C=CCC1C=C(C)CC(C)CC(OC)C2OC(O)(C=CN3CCCCC3COC(C(C)=C[C@@H]3CC[C@@H](O)[C@H](OC)C3)C(C)C(O)CC1)C(C)CC2OC. The molecule has 3 N–H and O–H groups in total. The van der Waals surface area contributed by atoms with Crippen molar-refractivity contribution in [2.75, 3.05) is 34.5 Å². The smallest absolute Gasteiger partial charge is 0.190 e. The maximum atomic E-state index is 12.1. The van der Waals surface area contributed by atoms with Gasteiger partial charge in [-0.3, -0.25) is 0 Å². The molecule has 0 radical (unpaired) electrons. The average Bonchev–Trinajstić information content (AvgIpc) is 3.13. The van der Waals surface area contributed by atoms with Crippen molar-refractivity contribution in [1.29, 1.82) is 0 Å². The standard InChI is InChI=1S/C44H75NO8/c1-10-13-34-15-17-37(46)33(6)42(31(4)25-35-16-18-38(47)39(27-35)49-7)52-28-36-14-11-12-20-45(36)21-19-44(48)32(5)26-41(51-9)43(53-44)40(50-8)24-30(3)22-29(2)23-34/h10,19,21,23,25,30,32-43,46-48H,1,11-18,20,22,24,26-28H2,2-9H3/t30?,32?,33?,34?,35-,36?,37?,38+,39+,40?,41?,42?,43?,44?/m0/s1. The third kappa shape index (κ3) is 12.2. The van der Waals surface area contributed by atoms with E-state index in [1.807, 2.05) is 25.3 Å². The first-order chi connectivity index (χ1) is 25.3. The van der Waals surface area contributed by atoms with E-state index in [0.29, 0.717) is 31.8 Å². The molecule has 1 aliphatic carbocycles. The van der Waals surface area contributed by atoms with Gasteiger partial charge in [-0.25, -0.2) is 0 Å². The predicted octanol–water partition coefficient (Wildman–Crippen LogP) is 7.35. The van der Waals surface area contributed by atoms with Crippen LogP contribution in [-0.2, 0) is 23.7 Å². The maximum absolute atomic E-state index is 12.1. The van der Waals surface area contributed by atoms with Gasteiger partial charge in [0.15, 0.2) is 5.79 Å². The van der Waals surface area contributed by atoms with Gasteiger partial charge in [-0.2, -0.15) is 0 Å². The summed E-state index contributed by atoms with van der Waals surface area (Å²) in [5.74, 6) is -0.895. The molecule has 11 unspecified atom stereocenters. The Bertz CT molecular complexity index is 1210. The molecule has 53 heavy (non-hydrogen) atoms. The van der Waals surface area contributed by atoms with Crippen LogP contribution >= 0.6 is 0 Å². The fourth-order valence-corrected chi connectivity index (χ4v) is 9.54. The maximum Gasteiger partial charge on any atom is 0.190 e. The predicted molar refractivity (Wildman–Crippen MR) is 211 cm³/mol. The van der Waals surface area contributed by atoms with Crippen molar-refractivity contribution in [3.63, 3.8) is 0 Å². The van der Waals surface area contributed by atoms with Crippen molar-refractivity contribution in [3.8, 4) is 0 Å². The molecule has 4 rings (SSSR count). The second kappa shape index (κ2) is 21.1. The average molecular weight is 746 g/mol. The van der Waals surface area contributed by atoms with Crippen LogP contribution in [0.1, 0.15) is 112 Å². The highest BCUT2D eigenvalue weighted by Crippen LogP contribution is 2.39. The fourth-order valence-electron chi connectivity index (χ4n) is 9.54. The second-order valence-electron chi connectivity index (χ2n) is 17.1. The molecule has 14 atom stereocenters. The number of aliphatic hydroxyl groups excluding tert-OH is 2. The normalized spacial score (nSPS) is 41.9. The molecule has 9 heteroatoms. The minimum absolute atomic E-state index is 0.122. The van der Waals surface area contributed by atoms with Gasteiger partial charge < -0.3 is 43.9 Å². The van der Waals surface area contributed by atoms with Crippen LogP contribution in [-0.4, -0.2) is 109 Å². The van der Waals surface area contributed by atoms with Crippen molar-refractivity contribution in [3.05, 3.63) is 48.2 Å². The first-order valence-electron chi connectivity index (χ1n) is 20.7. The molecule has 0 spiro atoms. The topological polar surface area (TPSA) is 110 Å². The molecule has 3 fully saturated rings. The lowest BCUT2D eigenvalue weighted by Gasteiger charge is -2.47. The van der Waals surface area contributed by atoms with Crippen LogP contribution < -0.4 is 0 Å². The molecule has 304 valence electrons. The van der Waals surface area contributed by atoms with Gasteiger partial charge in [0.1, 0.15) is 6.10 Å². The number of methoxy groups -OCH3 is 3. The number of fused-ring (bicyclic) bond motifs is 3. The van der Waals surface area contributed by atoms with Crippen LogP contribution in [0.4, 0.5) is 0 Å². The number of nitrogens with zero attached hydrogens (tertiary/aromatic N) is 1. The molecule has 0 aromatic heterocycles. The Morgan fingerprint density at radius 1 is 0.943 bits per heavy atom. The van der Waals surface area contributed by atoms with Gasteiger partial charge in [-0.1, -0.05) is 44.6 Å². The van der Waals surface area contributed by atoms with E-state index in [-0.39, 0.29) is 54.1 Å². The van der Waals surface area contributed by atoms with E-state index in [0.717, 1.165) is 69.9 Å².